The monoisotopic (exact) mass is 245 g/mol. The summed E-state index contributed by atoms with van der Waals surface area (Å²) in [5.74, 6) is 1.31. The molecule has 0 radical (unpaired) electrons. The van der Waals surface area contributed by atoms with Crippen molar-refractivity contribution in [3.63, 3.8) is 0 Å². The van der Waals surface area contributed by atoms with E-state index < -0.39 is 0 Å². The van der Waals surface area contributed by atoms with Gasteiger partial charge in [0.1, 0.15) is 5.75 Å². The first-order valence-electron chi connectivity index (χ1n) is 7.30. The molecule has 1 aromatic carbocycles. The molecule has 1 N–H and O–H groups in total. The quantitative estimate of drug-likeness (QED) is 0.858. The minimum Gasteiger partial charge on any atom is -0.508 e. The van der Waals surface area contributed by atoms with Crippen LogP contribution in [-0.4, -0.2) is 22.6 Å². The van der Waals surface area contributed by atoms with E-state index in [1.807, 2.05) is 12.1 Å². The summed E-state index contributed by atoms with van der Waals surface area (Å²) >= 11 is 0. The Kier molecular flexibility index (Phi) is 3.29. The van der Waals surface area contributed by atoms with Crippen LogP contribution in [-0.2, 0) is 0 Å². The highest BCUT2D eigenvalue weighted by molar-refractivity contribution is 5.28. The number of likely N-dealkylation sites (tertiary alicyclic amines) is 1. The lowest BCUT2D eigenvalue weighted by Gasteiger charge is -2.41. The van der Waals surface area contributed by atoms with Crippen molar-refractivity contribution in [2.24, 2.45) is 5.92 Å². The second-order valence-corrected chi connectivity index (χ2v) is 5.91. The van der Waals surface area contributed by atoms with E-state index in [1.54, 1.807) is 0 Å². The van der Waals surface area contributed by atoms with Gasteiger partial charge in [0.05, 0.1) is 0 Å². The molecular formula is C16H23NO. The molecule has 0 bridgehead atoms. The zero-order valence-corrected chi connectivity index (χ0v) is 11.2. The highest BCUT2D eigenvalue weighted by Gasteiger charge is 2.37. The van der Waals surface area contributed by atoms with E-state index >= 15 is 0 Å². The number of nitrogens with zero attached hydrogens (tertiary/aromatic N) is 1. The van der Waals surface area contributed by atoms with Crippen LogP contribution in [0.4, 0.5) is 0 Å². The molecule has 2 nitrogen and oxygen atoms in total. The Labute approximate surface area is 110 Å². The Bertz CT molecular complexity index is 400. The Morgan fingerprint density at radius 1 is 1.11 bits per heavy atom. The van der Waals surface area contributed by atoms with Crippen LogP contribution in [0, 0.1) is 5.92 Å². The maximum atomic E-state index is 9.39. The molecule has 1 aromatic rings. The second kappa shape index (κ2) is 4.93. The summed E-state index contributed by atoms with van der Waals surface area (Å²) in [4.78, 5) is 2.70. The smallest absolute Gasteiger partial charge is 0.115 e. The second-order valence-electron chi connectivity index (χ2n) is 5.91. The van der Waals surface area contributed by atoms with Crippen molar-refractivity contribution in [1.29, 1.82) is 0 Å². The molecule has 3 rings (SSSR count). The van der Waals surface area contributed by atoms with Crippen molar-refractivity contribution in [2.45, 2.75) is 51.1 Å². The van der Waals surface area contributed by atoms with Gasteiger partial charge in [0, 0.05) is 12.1 Å². The maximum absolute atomic E-state index is 9.39. The summed E-state index contributed by atoms with van der Waals surface area (Å²) in [7, 11) is 0. The largest absolute Gasteiger partial charge is 0.508 e. The summed E-state index contributed by atoms with van der Waals surface area (Å²) in [6.07, 6.45) is 7.01. The molecule has 0 spiro atoms. The molecule has 1 saturated heterocycles. The van der Waals surface area contributed by atoms with E-state index in [-0.39, 0.29) is 0 Å². The summed E-state index contributed by atoms with van der Waals surface area (Å²) in [5, 5.41) is 9.39. The minimum atomic E-state index is 0.364. The molecule has 2 heteroatoms. The highest BCUT2D eigenvalue weighted by Crippen LogP contribution is 2.40. The number of piperidine rings is 1. The number of phenolic OH excluding ortho intramolecular Hbond substituents is 1. The first-order chi connectivity index (χ1) is 8.75. The van der Waals surface area contributed by atoms with Crippen LogP contribution < -0.4 is 0 Å². The predicted octanol–water partition coefficient (Wildman–Crippen LogP) is 3.72. The van der Waals surface area contributed by atoms with E-state index in [4.69, 9.17) is 0 Å². The van der Waals surface area contributed by atoms with Crippen LogP contribution in [0.2, 0.25) is 0 Å². The first-order valence-corrected chi connectivity index (χ1v) is 7.30. The summed E-state index contributed by atoms with van der Waals surface area (Å²) in [6, 6.07) is 9.04. The average molecular weight is 245 g/mol. The predicted molar refractivity (Wildman–Crippen MR) is 73.6 cm³/mol. The first kappa shape index (κ1) is 12.0. The van der Waals surface area contributed by atoms with Crippen molar-refractivity contribution >= 4 is 0 Å². The van der Waals surface area contributed by atoms with Crippen molar-refractivity contribution in [3.05, 3.63) is 29.8 Å². The lowest BCUT2D eigenvalue weighted by molar-refractivity contribution is 0.0745. The third-order valence-corrected chi connectivity index (χ3v) is 4.91. The van der Waals surface area contributed by atoms with Gasteiger partial charge in [-0.05, 0) is 62.8 Å². The zero-order valence-electron chi connectivity index (χ0n) is 11.2. The van der Waals surface area contributed by atoms with E-state index in [1.165, 1.54) is 44.2 Å². The molecule has 3 atom stereocenters. The van der Waals surface area contributed by atoms with Crippen molar-refractivity contribution < 1.29 is 5.11 Å². The van der Waals surface area contributed by atoms with E-state index in [0.29, 0.717) is 11.8 Å². The zero-order chi connectivity index (χ0) is 12.5. The van der Waals surface area contributed by atoms with Gasteiger partial charge in [-0.1, -0.05) is 18.6 Å². The molecule has 98 valence electrons. The van der Waals surface area contributed by atoms with E-state index in [0.717, 1.165) is 12.0 Å². The summed E-state index contributed by atoms with van der Waals surface area (Å²) < 4.78 is 0. The Hall–Kier alpha value is -1.02. The number of hydrogen-bond donors (Lipinski definition) is 1. The molecule has 18 heavy (non-hydrogen) atoms. The lowest BCUT2D eigenvalue weighted by atomic mass is 9.89. The molecule has 1 saturated carbocycles. The van der Waals surface area contributed by atoms with Gasteiger partial charge in [0.15, 0.2) is 0 Å². The molecule has 1 aliphatic heterocycles. The van der Waals surface area contributed by atoms with Gasteiger partial charge in [0.2, 0.25) is 0 Å². The van der Waals surface area contributed by atoms with Crippen LogP contribution in [0.1, 0.15) is 50.6 Å². The van der Waals surface area contributed by atoms with Crippen molar-refractivity contribution in [3.8, 4) is 5.75 Å². The molecule has 2 fully saturated rings. The number of rotatable bonds is 2. The molecule has 0 aromatic heterocycles. The van der Waals surface area contributed by atoms with Gasteiger partial charge in [-0.3, -0.25) is 4.90 Å². The van der Waals surface area contributed by atoms with E-state index in [9.17, 15) is 5.11 Å². The summed E-state index contributed by atoms with van der Waals surface area (Å²) in [5.41, 5.74) is 1.33. The van der Waals surface area contributed by atoms with Gasteiger partial charge in [0.25, 0.3) is 0 Å². The molecule has 1 aliphatic carbocycles. The number of hydrogen-bond acceptors (Lipinski definition) is 2. The van der Waals surface area contributed by atoms with Crippen molar-refractivity contribution in [2.75, 3.05) is 6.54 Å². The normalized spacial score (nSPS) is 30.1. The number of benzene rings is 1. The topological polar surface area (TPSA) is 23.5 Å². The van der Waals surface area contributed by atoms with Crippen LogP contribution in [0.5, 0.6) is 5.75 Å². The third-order valence-electron chi connectivity index (χ3n) is 4.91. The van der Waals surface area contributed by atoms with Crippen LogP contribution in [0.15, 0.2) is 24.3 Å². The summed E-state index contributed by atoms with van der Waals surface area (Å²) in [6.45, 7) is 3.55. The van der Waals surface area contributed by atoms with Gasteiger partial charge in [-0.2, -0.15) is 0 Å². The fraction of sp³-hybridized carbons (Fsp3) is 0.625. The fourth-order valence-electron chi connectivity index (χ4n) is 3.92. The molecule has 2 aliphatic rings. The fourth-order valence-corrected chi connectivity index (χ4v) is 3.92. The maximum Gasteiger partial charge on any atom is 0.115 e. The Balaban J connectivity index is 1.78. The van der Waals surface area contributed by atoms with Crippen LogP contribution in [0.25, 0.3) is 0 Å². The Morgan fingerprint density at radius 3 is 2.61 bits per heavy atom. The Morgan fingerprint density at radius 2 is 1.83 bits per heavy atom. The highest BCUT2D eigenvalue weighted by atomic mass is 16.3. The number of aromatic hydroxyl groups is 1. The van der Waals surface area contributed by atoms with Gasteiger partial charge in [-0.15, -0.1) is 0 Å². The van der Waals surface area contributed by atoms with Gasteiger partial charge < -0.3 is 5.11 Å². The lowest BCUT2D eigenvalue weighted by Crippen LogP contribution is -2.43. The van der Waals surface area contributed by atoms with E-state index in [2.05, 4.69) is 24.0 Å². The molecule has 0 amide bonds. The molecule has 1 heterocycles. The van der Waals surface area contributed by atoms with Crippen LogP contribution >= 0.6 is 0 Å². The van der Waals surface area contributed by atoms with Crippen molar-refractivity contribution in [1.82, 2.24) is 4.90 Å². The number of fused-ring (bicyclic) bond motifs is 1. The van der Waals surface area contributed by atoms with Crippen LogP contribution in [0.3, 0.4) is 0 Å². The minimum absolute atomic E-state index is 0.364. The van der Waals surface area contributed by atoms with Gasteiger partial charge >= 0.3 is 0 Å². The molecular weight excluding hydrogens is 222 g/mol. The average Bonchev–Trinajstić information content (AvgIpc) is 2.87. The molecule has 3 unspecified atom stereocenters. The standard InChI is InChI=1S/C16H23NO/c1-12(13-7-9-15(18)10-8-13)17-11-3-5-14-4-2-6-16(14)17/h7-10,12,14,16,18H,2-6,11H2,1H3. The SMILES string of the molecule is CC(c1ccc(O)cc1)N1CCCC2CCCC21. The van der Waals surface area contributed by atoms with Gasteiger partial charge in [-0.25, -0.2) is 0 Å². The third kappa shape index (κ3) is 2.14. The number of phenols is 1.